The maximum absolute atomic E-state index is 12.9. The Bertz CT molecular complexity index is 1450. The number of ether oxygens (including phenoxy) is 1. The second-order valence-electron chi connectivity index (χ2n) is 8.83. The van der Waals surface area contributed by atoms with Crippen LogP contribution in [0.15, 0.2) is 35.0 Å². The van der Waals surface area contributed by atoms with Crippen LogP contribution in [0.25, 0.3) is 22.2 Å². The number of nitrogens with one attached hydrogen (secondary N) is 3. The van der Waals surface area contributed by atoms with Crippen molar-refractivity contribution in [3.63, 3.8) is 0 Å². The fourth-order valence-electron chi connectivity index (χ4n) is 4.17. The summed E-state index contributed by atoms with van der Waals surface area (Å²) in [5, 5.41) is 15.9. The van der Waals surface area contributed by atoms with Gasteiger partial charge in [-0.1, -0.05) is 35.5 Å². The van der Waals surface area contributed by atoms with E-state index in [0.717, 1.165) is 39.9 Å². The molecule has 3 N–H and O–H groups in total. The van der Waals surface area contributed by atoms with E-state index in [0.29, 0.717) is 47.0 Å². The molecule has 192 valence electrons. The van der Waals surface area contributed by atoms with E-state index in [1.54, 1.807) is 20.0 Å². The highest BCUT2D eigenvalue weighted by atomic mass is 32.1. The number of hydrogen-bond donors (Lipinski definition) is 3. The van der Waals surface area contributed by atoms with Crippen molar-refractivity contribution in [1.82, 2.24) is 25.4 Å². The first-order valence-electron chi connectivity index (χ1n) is 12.1. The van der Waals surface area contributed by atoms with Gasteiger partial charge < -0.3 is 25.2 Å². The molecule has 1 aliphatic rings. The molecule has 5 rings (SSSR count). The number of carbonyl (C=O) groups excluding carboxylic acids is 2. The van der Waals surface area contributed by atoms with Crippen molar-refractivity contribution in [2.45, 2.75) is 45.7 Å². The summed E-state index contributed by atoms with van der Waals surface area (Å²) in [5.74, 6) is 1.13. The Balaban J connectivity index is 1.24. The number of anilines is 2. The van der Waals surface area contributed by atoms with Crippen molar-refractivity contribution in [3.05, 3.63) is 46.9 Å². The van der Waals surface area contributed by atoms with E-state index in [4.69, 9.17) is 9.26 Å². The maximum Gasteiger partial charge on any atom is 0.350 e. The third-order valence-electron chi connectivity index (χ3n) is 5.99. The van der Waals surface area contributed by atoms with Crippen LogP contribution in [-0.2, 0) is 9.53 Å². The fraction of sp³-hybridized carbons (Fsp3) is 0.360. The van der Waals surface area contributed by atoms with Crippen molar-refractivity contribution in [2.75, 3.05) is 23.8 Å². The Morgan fingerprint density at radius 2 is 2.11 bits per heavy atom. The molecule has 1 aliphatic heterocycles. The van der Waals surface area contributed by atoms with Crippen molar-refractivity contribution in [2.24, 2.45) is 0 Å². The van der Waals surface area contributed by atoms with Gasteiger partial charge in [0.2, 0.25) is 17.6 Å². The summed E-state index contributed by atoms with van der Waals surface area (Å²) < 4.78 is 10.3. The van der Waals surface area contributed by atoms with Crippen LogP contribution < -0.4 is 16.0 Å². The number of rotatable bonds is 8. The minimum Gasteiger partial charge on any atom is -0.461 e. The number of amides is 1. The largest absolute Gasteiger partial charge is 0.461 e. The van der Waals surface area contributed by atoms with Gasteiger partial charge in [-0.25, -0.2) is 14.8 Å². The highest BCUT2D eigenvalue weighted by Gasteiger charge is 2.31. The monoisotopic (exact) mass is 521 g/mol. The highest BCUT2D eigenvalue weighted by molar-refractivity contribution is 7.17. The third kappa shape index (κ3) is 5.44. The van der Waals surface area contributed by atoms with Crippen molar-refractivity contribution in [1.29, 1.82) is 0 Å². The van der Waals surface area contributed by atoms with Crippen LogP contribution in [0.1, 0.15) is 41.0 Å². The molecule has 1 amide bonds. The first kappa shape index (κ1) is 24.8. The molecular formula is C25H27N7O4S. The fourth-order valence-corrected chi connectivity index (χ4v) is 5.03. The zero-order valence-corrected chi connectivity index (χ0v) is 21.5. The van der Waals surface area contributed by atoms with Gasteiger partial charge in [-0.3, -0.25) is 4.79 Å². The van der Waals surface area contributed by atoms with E-state index in [2.05, 4.69) is 36.1 Å². The lowest BCUT2D eigenvalue weighted by Crippen LogP contribution is -2.35. The molecule has 11 nitrogen and oxygen atoms in total. The van der Waals surface area contributed by atoms with E-state index in [9.17, 15) is 9.59 Å². The lowest BCUT2D eigenvalue weighted by molar-refractivity contribution is -0.117. The molecule has 0 bridgehead atoms. The normalized spacial score (nSPS) is 17.2. The molecule has 4 aromatic rings. The van der Waals surface area contributed by atoms with Gasteiger partial charge in [0.15, 0.2) is 5.13 Å². The van der Waals surface area contributed by atoms with Crippen molar-refractivity contribution >= 4 is 44.9 Å². The summed E-state index contributed by atoms with van der Waals surface area (Å²) in [6.45, 7) is 6.35. The first-order valence-corrected chi connectivity index (χ1v) is 12.9. The molecule has 0 unspecified atom stereocenters. The van der Waals surface area contributed by atoms with E-state index in [1.807, 2.05) is 31.2 Å². The predicted octanol–water partition coefficient (Wildman–Crippen LogP) is 3.71. The number of benzene rings is 1. The molecule has 2 atom stereocenters. The highest BCUT2D eigenvalue weighted by Crippen LogP contribution is 2.28. The van der Waals surface area contributed by atoms with Crippen molar-refractivity contribution in [3.8, 4) is 11.4 Å². The van der Waals surface area contributed by atoms with Crippen LogP contribution in [-0.4, -0.2) is 57.2 Å². The Kier molecular flexibility index (Phi) is 7.10. The van der Waals surface area contributed by atoms with Crippen LogP contribution >= 0.6 is 11.3 Å². The molecule has 12 heteroatoms. The summed E-state index contributed by atoms with van der Waals surface area (Å²) in [4.78, 5) is 38.7. The zero-order chi connectivity index (χ0) is 25.9. The second-order valence-corrected chi connectivity index (χ2v) is 9.83. The van der Waals surface area contributed by atoms with Crippen LogP contribution in [0.4, 0.5) is 10.9 Å². The van der Waals surface area contributed by atoms with Gasteiger partial charge in [0.05, 0.1) is 18.3 Å². The summed E-state index contributed by atoms with van der Waals surface area (Å²) in [7, 11) is 0. The predicted molar refractivity (Wildman–Crippen MR) is 140 cm³/mol. The minimum atomic E-state index is -0.416. The van der Waals surface area contributed by atoms with Gasteiger partial charge in [-0.2, -0.15) is 4.98 Å². The van der Waals surface area contributed by atoms with Crippen LogP contribution in [0.3, 0.4) is 0 Å². The lowest BCUT2D eigenvalue weighted by Gasteiger charge is -2.15. The Morgan fingerprint density at radius 3 is 2.89 bits per heavy atom. The Hall–Kier alpha value is -3.90. The lowest BCUT2D eigenvalue weighted by atomic mass is 10.1. The van der Waals surface area contributed by atoms with Crippen LogP contribution in [0.5, 0.6) is 0 Å². The summed E-state index contributed by atoms with van der Waals surface area (Å²) in [5.41, 5.74) is 1.37. The molecule has 1 aromatic carbocycles. The van der Waals surface area contributed by atoms with Gasteiger partial charge in [0.25, 0.3) is 0 Å². The minimum absolute atomic E-state index is 0.0115. The number of nitrogens with zero attached hydrogens (tertiary/aromatic N) is 4. The molecule has 4 heterocycles. The van der Waals surface area contributed by atoms with Gasteiger partial charge in [0.1, 0.15) is 10.7 Å². The number of aromatic nitrogens is 4. The topological polar surface area (TPSA) is 144 Å². The van der Waals surface area contributed by atoms with Gasteiger partial charge in [-0.15, -0.1) is 0 Å². The molecule has 0 radical (unpaired) electrons. The number of esters is 1. The van der Waals surface area contributed by atoms with E-state index in [1.165, 1.54) is 0 Å². The van der Waals surface area contributed by atoms with Gasteiger partial charge >= 0.3 is 5.97 Å². The van der Waals surface area contributed by atoms with E-state index < -0.39 is 12.0 Å². The molecule has 1 saturated heterocycles. The number of fused-ring (bicyclic) bond motifs is 1. The number of aryl methyl sites for hydroxylation is 2. The van der Waals surface area contributed by atoms with Crippen LogP contribution in [0.2, 0.25) is 0 Å². The number of hydrogen-bond acceptors (Lipinski definition) is 11. The molecule has 37 heavy (non-hydrogen) atoms. The SMILES string of the molecule is CCCOC(=O)c1sc(NC(=O)[C@@H]2C[C@H](Nc3nccc4ccc(-c5noc(C)n5)cc34)CN2)nc1C. The molecule has 1 fully saturated rings. The quantitative estimate of drug-likeness (QED) is 0.294. The first-order chi connectivity index (χ1) is 17.9. The second kappa shape index (κ2) is 10.6. The number of thiazole rings is 1. The summed E-state index contributed by atoms with van der Waals surface area (Å²) in [6.07, 6.45) is 3.05. The molecule has 0 aliphatic carbocycles. The van der Waals surface area contributed by atoms with E-state index >= 15 is 0 Å². The average Bonchev–Trinajstić information content (AvgIpc) is 3.63. The van der Waals surface area contributed by atoms with Crippen molar-refractivity contribution < 1.29 is 18.8 Å². The molecular weight excluding hydrogens is 494 g/mol. The number of pyridine rings is 1. The zero-order valence-electron chi connectivity index (χ0n) is 20.7. The van der Waals surface area contributed by atoms with Gasteiger partial charge in [-0.05, 0) is 37.3 Å². The molecule has 0 spiro atoms. The Morgan fingerprint density at radius 1 is 1.24 bits per heavy atom. The smallest absolute Gasteiger partial charge is 0.350 e. The average molecular weight is 522 g/mol. The van der Waals surface area contributed by atoms with Gasteiger partial charge in [0, 0.05) is 36.7 Å². The third-order valence-corrected chi connectivity index (χ3v) is 7.04. The summed E-state index contributed by atoms with van der Waals surface area (Å²) in [6, 6.07) is 7.44. The Labute approximate surface area is 217 Å². The molecule has 0 saturated carbocycles. The summed E-state index contributed by atoms with van der Waals surface area (Å²) >= 11 is 1.12. The number of carbonyl (C=O) groups is 2. The molecule has 3 aromatic heterocycles. The van der Waals surface area contributed by atoms with E-state index in [-0.39, 0.29) is 11.9 Å². The maximum atomic E-state index is 12.9. The van der Waals surface area contributed by atoms with Crippen LogP contribution in [0, 0.1) is 13.8 Å². The standard InChI is InChI=1S/C25H27N7O4S/c1-4-9-35-24(34)20-13(2)28-25(37-20)31-23(33)19-11-17(12-27-19)30-22-18-10-16(21-29-14(3)36-32-21)6-5-15(18)7-8-26-22/h5-8,10,17,19,27H,4,9,11-12H2,1-3H3,(H,26,30)(H,28,31,33)/t17-,19-/m0/s1.